The zero-order valence-corrected chi connectivity index (χ0v) is 19.6. The van der Waals surface area contributed by atoms with Crippen molar-refractivity contribution in [3.63, 3.8) is 0 Å². The molecule has 0 unspecified atom stereocenters. The Bertz CT molecular complexity index is 778. The molecule has 29 heavy (non-hydrogen) atoms. The minimum Gasteiger partial charge on any atom is -0.497 e. The molecule has 1 N–H and O–H groups in total. The number of likely N-dealkylation sites (tertiary alicyclic amines) is 1. The molecule has 7 heteroatoms. The Morgan fingerprint density at radius 1 is 1.03 bits per heavy atom. The first-order valence-corrected chi connectivity index (χ1v) is 9.61. The van der Waals surface area contributed by atoms with Crippen LogP contribution in [-0.2, 0) is 6.54 Å². The number of halogens is 1. The van der Waals surface area contributed by atoms with Crippen molar-refractivity contribution in [1.29, 1.82) is 0 Å². The molecule has 0 aliphatic carbocycles. The first-order valence-electron chi connectivity index (χ1n) is 9.61. The minimum absolute atomic E-state index is 0. The van der Waals surface area contributed by atoms with Crippen LogP contribution in [0.1, 0.15) is 18.4 Å². The van der Waals surface area contributed by atoms with Gasteiger partial charge >= 0.3 is 0 Å². The smallest absolute Gasteiger partial charge is 0.193 e. The number of guanidine groups is 1. The Morgan fingerprint density at radius 3 is 2.38 bits per heavy atom. The van der Waals surface area contributed by atoms with Gasteiger partial charge in [0.15, 0.2) is 5.96 Å². The Balaban J connectivity index is 0.00000300. The summed E-state index contributed by atoms with van der Waals surface area (Å²) in [7, 11) is 5.14. The van der Waals surface area contributed by atoms with Crippen molar-refractivity contribution in [1.82, 2.24) is 10.2 Å². The summed E-state index contributed by atoms with van der Waals surface area (Å²) in [6.45, 7) is 2.47. The third-order valence-electron chi connectivity index (χ3n) is 4.93. The number of piperidine rings is 1. The normalized spacial score (nSPS) is 14.7. The van der Waals surface area contributed by atoms with E-state index in [0.29, 0.717) is 6.54 Å². The van der Waals surface area contributed by atoms with E-state index in [1.807, 2.05) is 55.6 Å². The average molecular weight is 511 g/mol. The van der Waals surface area contributed by atoms with Crippen LogP contribution in [0.15, 0.2) is 53.5 Å². The van der Waals surface area contributed by atoms with Crippen LogP contribution in [0, 0.1) is 0 Å². The van der Waals surface area contributed by atoms with E-state index in [-0.39, 0.29) is 30.1 Å². The SMILES string of the molecule is CN=C(NCc1ccc(OC)cc1OC)N1CCC(Oc2ccccc2)CC1.I. The first kappa shape index (κ1) is 23.1. The lowest BCUT2D eigenvalue weighted by molar-refractivity contribution is 0.129. The van der Waals surface area contributed by atoms with Gasteiger partial charge in [0.2, 0.25) is 0 Å². The molecule has 3 rings (SSSR count). The van der Waals surface area contributed by atoms with Gasteiger partial charge in [-0.25, -0.2) is 0 Å². The van der Waals surface area contributed by atoms with E-state index in [1.165, 1.54) is 0 Å². The van der Waals surface area contributed by atoms with Crippen LogP contribution in [0.2, 0.25) is 0 Å². The molecule has 2 aromatic rings. The summed E-state index contributed by atoms with van der Waals surface area (Å²) in [4.78, 5) is 6.73. The van der Waals surface area contributed by atoms with Crippen molar-refractivity contribution < 1.29 is 14.2 Å². The number of nitrogens with zero attached hydrogens (tertiary/aromatic N) is 2. The molecule has 0 spiro atoms. The molecule has 1 heterocycles. The van der Waals surface area contributed by atoms with E-state index in [4.69, 9.17) is 14.2 Å². The van der Waals surface area contributed by atoms with Crippen LogP contribution in [-0.4, -0.2) is 51.3 Å². The number of methoxy groups -OCH3 is 2. The Labute approximate surface area is 190 Å². The zero-order valence-electron chi connectivity index (χ0n) is 17.3. The fourth-order valence-corrected chi connectivity index (χ4v) is 3.38. The summed E-state index contributed by atoms with van der Waals surface area (Å²) in [5.74, 6) is 3.42. The summed E-state index contributed by atoms with van der Waals surface area (Å²) in [5.41, 5.74) is 1.06. The molecule has 1 saturated heterocycles. The summed E-state index contributed by atoms with van der Waals surface area (Å²) in [6.07, 6.45) is 2.20. The van der Waals surface area contributed by atoms with Gasteiger partial charge in [-0.05, 0) is 24.3 Å². The highest BCUT2D eigenvalue weighted by Crippen LogP contribution is 2.24. The lowest BCUT2D eigenvalue weighted by atomic mass is 10.1. The van der Waals surface area contributed by atoms with Gasteiger partial charge in [-0.15, -0.1) is 24.0 Å². The summed E-state index contributed by atoms with van der Waals surface area (Å²) >= 11 is 0. The van der Waals surface area contributed by atoms with Crippen molar-refractivity contribution in [3.05, 3.63) is 54.1 Å². The highest BCUT2D eigenvalue weighted by molar-refractivity contribution is 14.0. The van der Waals surface area contributed by atoms with Crippen LogP contribution in [0.3, 0.4) is 0 Å². The monoisotopic (exact) mass is 511 g/mol. The van der Waals surface area contributed by atoms with Crippen molar-refractivity contribution in [2.24, 2.45) is 4.99 Å². The molecule has 0 aromatic heterocycles. The molecule has 0 atom stereocenters. The summed E-state index contributed by atoms with van der Waals surface area (Å²) in [6, 6.07) is 15.9. The van der Waals surface area contributed by atoms with Crippen LogP contribution >= 0.6 is 24.0 Å². The minimum atomic E-state index is 0. The average Bonchev–Trinajstić information content (AvgIpc) is 2.76. The Kier molecular flexibility index (Phi) is 9.37. The molecule has 6 nitrogen and oxygen atoms in total. The van der Waals surface area contributed by atoms with E-state index >= 15 is 0 Å². The predicted molar refractivity (Wildman–Crippen MR) is 127 cm³/mol. The second-order valence-electron chi connectivity index (χ2n) is 6.70. The van der Waals surface area contributed by atoms with Crippen LogP contribution < -0.4 is 19.5 Å². The number of nitrogens with one attached hydrogen (secondary N) is 1. The van der Waals surface area contributed by atoms with Crippen molar-refractivity contribution in [2.75, 3.05) is 34.4 Å². The topological polar surface area (TPSA) is 55.3 Å². The van der Waals surface area contributed by atoms with Gasteiger partial charge in [-0.1, -0.05) is 18.2 Å². The number of rotatable bonds is 6. The quantitative estimate of drug-likeness (QED) is 0.362. The van der Waals surface area contributed by atoms with Crippen LogP contribution in [0.4, 0.5) is 0 Å². The van der Waals surface area contributed by atoms with Gasteiger partial charge in [0, 0.05) is 51.2 Å². The standard InChI is InChI=1S/C22H29N3O3.HI/c1-23-22(24-16-17-9-10-20(26-2)15-21(17)27-3)25-13-11-19(12-14-25)28-18-7-5-4-6-8-18;/h4-10,15,19H,11-14,16H2,1-3H3,(H,23,24);1H. The maximum atomic E-state index is 6.08. The molecule has 0 saturated carbocycles. The fourth-order valence-electron chi connectivity index (χ4n) is 3.38. The summed E-state index contributed by atoms with van der Waals surface area (Å²) in [5, 5.41) is 3.45. The highest BCUT2D eigenvalue weighted by atomic mass is 127. The first-order chi connectivity index (χ1) is 13.7. The second kappa shape index (κ2) is 11.7. The molecule has 0 bridgehead atoms. The van der Waals surface area contributed by atoms with Gasteiger partial charge in [-0.2, -0.15) is 0 Å². The Morgan fingerprint density at radius 2 is 1.76 bits per heavy atom. The summed E-state index contributed by atoms with van der Waals surface area (Å²) < 4.78 is 16.8. The molecule has 1 aliphatic heterocycles. The van der Waals surface area contributed by atoms with E-state index in [9.17, 15) is 0 Å². The molecular formula is C22H30IN3O3. The van der Waals surface area contributed by atoms with Crippen LogP contribution in [0.25, 0.3) is 0 Å². The van der Waals surface area contributed by atoms with E-state index in [1.54, 1.807) is 14.2 Å². The highest BCUT2D eigenvalue weighted by Gasteiger charge is 2.22. The zero-order chi connectivity index (χ0) is 19.8. The van der Waals surface area contributed by atoms with E-state index in [2.05, 4.69) is 15.2 Å². The maximum Gasteiger partial charge on any atom is 0.193 e. The van der Waals surface area contributed by atoms with Crippen LogP contribution in [0.5, 0.6) is 17.2 Å². The van der Waals surface area contributed by atoms with Gasteiger partial charge in [0.1, 0.15) is 23.4 Å². The third-order valence-corrected chi connectivity index (χ3v) is 4.93. The number of para-hydroxylation sites is 1. The number of ether oxygens (including phenoxy) is 3. The van der Waals surface area contributed by atoms with Crippen molar-refractivity contribution in [3.8, 4) is 17.2 Å². The molecular weight excluding hydrogens is 481 g/mol. The van der Waals surface area contributed by atoms with Gasteiger partial charge in [-0.3, -0.25) is 4.99 Å². The Hall–Kier alpha value is -2.16. The van der Waals surface area contributed by atoms with Gasteiger partial charge < -0.3 is 24.4 Å². The molecule has 0 radical (unpaired) electrons. The molecule has 1 aliphatic rings. The van der Waals surface area contributed by atoms with Gasteiger partial charge in [0.25, 0.3) is 0 Å². The second-order valence-corrected chi connectivity index (χ2v) is 6.70. The lowest BCUT2D eigenvalue weighted by Gasteiger charge is -2.34. The van der Waals surface area contributed by atoms with Crippen molar-refractivity contribution in [2.45, 2.75) is 25.5 Å². The molecule has 158 valence electrons. The van der Waals surface area contributed by atoms with Crippen molar-refractivity contribution >= 4 is 29.9 Å². The molecule has 2 aromatic carbocycles. The number of aliphatic imine (C=N–C) groups is 1. The number of hydrogen-bond donors (Lipinski definition) is 1. The number of benzene rings is 2. The maximum absolute atomic E-state index is 6.08. The van der Waals surface area contributed by atoms with E-state index in [0.717, 1.165) is 54.7 Å². The molecule has 0 amide bonds. The third kappa shape index (κ3) is 6.42. The van der Waals surface area contributed by atoms with E-state index < -0.39 is 0 Å². The lowest BCUT2D eigenvalue weighted by Crippen LogP contribution is -2.47. The van der Waals surface area contributed by atoms with Gasteiger partial charge in [0.05, 0.1) is 14.2 Å². The number of hydrogen-bond acceptors (Lipinski definition) is 4. The molecule has 1 fully saturated rings. The largest absolute Gasteiger partial charge is 0.497 e. The fraction of sp³-hybridized carbons (Fsp3) is 0.409. The predicted octanol–water partition coefficient (Wildman–Crippen LogP) is 3.94.